The zero-order valence-electron chi connectivity index (χ0n) is 18.0. The van der Waals surface area contributed by atoms with Crippen molar-refractivity contribution in [3.05, 3.63) is 6.20 Å². The van der Waals surface area contributed by atoms with Gasteiger partial charge < -0.3 is 15.0 Å². The third-order valence-corrected chi connectivity index (χ3v) is 6.57. The van der Waals surface area contributed by atoms with Gasteiger partial charge in [-0.3, -0.25) is 4.79 Å². The first-order valence-electron chi connectivity index (χ1n) is 11.1. The highest BCUT2D eigenvalue weighted by atomic mass is 32.2. The van der Waals surface area contributed by atoms with Gasteiger partial charge in [-0.05, 0) is 12.8 Å². The SMILES string of the molecule is CC(C)Sc1nc(N2CCOCC2)c2cnn(CCNC(=O)C3CCCCC3)c2n1. The Balaban J connectivity index is 1.50. The van der Waals surface area contributed by atoms with E-state index in [9.17, 15) is 4.79 Å². The van der Waals surface area contributed by atoms with Gasteiger partial charge in [0.05, 0.1) is 31.3 Å². The van der Waals surface area contributed by atoms with Crippen LogP contribution in [0.4, 0.5) is 5.82 Å². The van der Waals surface area contributed by atoms with Gasteiger partial charge in [0.25, 0.3) is 0 Å². The average molecular weight is 433 g/mol. The molecule has 0 atom stereocenters. The second-order valence-electron chi connectivity index (χ2n) is 8.33. The maximum absolute atomic E-state index is 12.4. The standard InChI is InChI=1S/C21H32N6O2S/c1-15(2)30-21-24-18(26-10-12-29-13-11-26)17-14-23-27(19(17)25-21)9-8-22-20(28)16-6-4-3-5-7-16/h14-16H,3-13H2,1-2H3,(H,22,28). The summed E-state index contributed by atoms with van der Waals surface area (Å²) in [5, 5.41) is 9.81. The minimum Gasteiger partial charge on any atom is -0.378 e. The van der Waals surface area contributed by atoms with Crippen LogP contribution in [0.2, 0.25) is 0 Å². The molecule has 1 saturated heterocycles. The van der Waals surface area contributed by atoms with E-state index in [2.05, 4.69) is 29.2 Å². The highest BCUT2D eigenvalue weighted by Crippen LogP contribution is 2.29. The summed E-state index contributed by atoms with van der Waals surface area (Å²) in [4.78, 5) is 24.3. The lowest BCUT2D eigenvalue weighted by molar-refractivity contribution is -0.125. The Morgan fingerprint density at radius 3 is 2.73 bits per heavy atom. The molecule has 2 fully saturated rings. The van der Waals surface area contributed by atoms with Crippen LogP contribution in [0, 0.1) is 5.92 Å². The molecule has 3 heterocycles. The van der Waals surface area contributed by atoms with Crippen molar-refractivity contribution in [2.75, 3.05) is 37.7 Å². The maximum atomic E-state index is 12.4. The number of fused-ring (bicyclic) bond motifs is 1. The number of thioether (sulfide) groups is 1. The van der Waals surface area contributed by atoms with Gasteiger partial charge in [0.15, 0.2) is 10.8 Å². The van der Waals surface area contributed by atoms with Crippen LogP contribution in [0.5, 0.6) is 0 Å². The average Bonchev–Trinajstić information content (AvgIpc) is 3.17. The number of hydrogen-bond acceptors (Lipinski definition) is 7. The van der Waals surface area contributed by atoms with Crippen molar-refractivity contribution in [2.45, 2.75) is 62.9 Å². The van der Waals surface area contributed by atoms with Crippen LogP contribution in [-0.2, 0) is 16.1 Å². The molecule has 1 amide bonds. The molecule has 1 aliphatic heterocycles. The number of carbonyl (C=O) groups is 1. The fourth-order valence-electron chi connectivity index (χ4n) is 4.16. The fourth-order valence-corrected chi connectivity index (χ4v) is 4.86. The number of nitrogens with zero attached hydrogens (tertiary/aromatic N) is 5. The van der Waals surface area contributed by atoms with Crippen LogP contribution in [0.1, 0.15) is 46.0 Å². The second kappa shape index (κ2) is 9.96. The Labute approximate surface area is 182 Å². The van der Waals surface area contributed by atoms with E-state index in [0.29, 0.717) is 31.6 Å². The van der Waals surface area contributed by atoms with E-state index in [1.165, 1.54) is 19.3 Å². The smallest absolute Gasteiger partial charge is 0.223 e. The van der Waals surface area contributed by atoms with Crippen LogP contribution in [0.3, 0.4) is 0 Å². The second-order valence-corrected chi connectivity index (χ2v) is 9.87. The summed E-state index contributed by atoms with van der Waals surface area (Å²) in [5.41, 5.74) is 0.835. The molecule has 0 spiro atoms. The molecule has 1 saturated carbocycles. The van der Waals surface area contributed by atoms with E-state index < -0.39 is 0 Å². The maximum Gasteiger partial charge on any atom is 0.223 e. The van der Waals surface area contributed by atoms with E-state index in [0.717, 1.165) is 47.9 Å². The normalized spacial score (nSPS) is 18.3. The molecule has 2 aromatic heterocycles. The summed E-state index contributed by atoms with van der Waals surface area (Å²) in [5.74, 6) is 1.30. The van der Waals surface area contributed by atoms with Gasteiger partial charge in [-0.25, -0.2) is 14.6 Å². The van der Waals surface area contributed by atoms with Crippen molar-refractivity contribution < 1.29 is 9.53 Å². The van der Waals surface area contributed by atoms with E-state index in [4.69, 9.17) is 14.7 Å². The number of hydrogen-bond donors (Lipinski definition) is 1. The Morgan fingerprint density at radius 1 is 1.23 bits per heavy atom. The Bertz CT molecular complexity index is 859. The zero-order chi connectivity index (χ0) is 20.9. The van der Waals surface area contributed by atoms with Crippen molar-refractivity contribution in [3.63, 3.8) is 0 Å². The molecule has 0 radical (unpaired) electrons. The van der Waals surface area contributed by atoms with Crippen LogP contribution in [0.25, 0.3) is 11.0 Å². The van der Waals surface area contributed by atoms with E-state index >= 15 is 0 Å². The number of rotatable bonds is 7. The Kier molecular flexibility index (Phi) is 7.09. The number of carbonyl (C=O) groups excluding carboxylic acids is 1. The summed E-state index contributed by atoms with van der Waals surface area (Å²) in [6, 6.07) is 0. The highest BCUT2D eigenvalue weighted by molar-refractivity contribution is 7.99. The van der Waals surface area contributed by atoms with Crippen LogP contribution >= 0.6 is 11.8 Å². The molecular weight excluding hydrogens is 400 g/mol. The molecule has 8 nitrogen and oxygen atoms in total. The van der Waals surface area contributed by atoms with Crippen LogP contribution in [-0.4, -0.2) is 63.8 Å². The number of ether oxygens (including phenoxy) is 1. The largest absolute Gasteiger partial charge is 0.378 e. The van der Waals surface area contributed by atoms with Crippen LogP contribution in [0.15, 0.2) is 11.4 Å². The van der Waals surface area contributed by atoms with Gasteiger partial charge in [0, 0.05) is 30.8 Å². The molecule has 1 N–H and O–H groups in total. The molecule has 30 heavy (non-hydrogen) atoms. The molecule has 0 aromatic carbocycles. The topological polar surface area (TPSA) is 85.2 Å². The highest BCUT2D eigenvalue weighted by Gasteiger charge is 2.22. The van der Waals surface area contributed by atoms with Gasteiger partial charge in [0.2, 0.25) is 5.91 Å². The molecule has 9 heteroatoms. The molecular formula is C21H32N6O2S. The lowest BCUT2D eigenvalue weighted by atomic mass is 9.89. The monoisotopic (exact) mass is 432 g/mol. The van der Waals surface area contributed by atoms with E-state index in [1.807, 2.05) is 10.9 Å². The van der Waals surface area contributed by atoms with E-state index in [1.54, 1.807) is 11.8 Å². The van der Waals surface area contributed by atoms with E-state index in [-0.39, 0.29) is 11.8 Å². The molecule has 4 rings (SSSR count). The first-order chi connectivity index (χ1) is 14.6. The lowest BCUT2D eigenvalue weighted by Crippen LogP contribution is -2.37. The van der Waals surface area contributed by atoms with Gasteiger partial charge in [-0.2, -0.15) is 5.10 Å². The summed E-state index contributed by atoms with van der Waals surface area (Å²) in [7, 11) is 0. The van der Waals surface area contributed by atoms with Crippen molar-refractivity contribution in [1.82, 2.24) is 25.1 Å². The Hall–Kier alpha value is -1.87. The minimum atomic E-state index is 0.178. The molecule has 164 valence electrons. The third kappa shape index (κ3) is 5.06. The van der Waals surface area contributed by atoms with Crippen molar-refractivity contribution >= 4 is 34.5 Å². The predicted octanol–water partition coefficient (Wildman–Crippen LogP) is 2.86. The van der Waals surface area contributed by atoms with Gasteiger partial charge in [-0.15, -0.1) is 0 Å². The quantitative estimate of drug-likeness (QED) is 0.532. The van der Waals surface area contributed by atoms with Crippen LogP contribution < -0.4 is 10.2 Å². The third-order valence-electron chi connectivity index (χ3n) is 5.71. The number of nitrogens with one attached hydrogen (secondary N) is 1. The Morgan fingerprint density at radius 2 is 2.00 bits per heavy atom. The molecule has 0 bridgehead atoms. The number of aromatic nitrogens is 4. The fraction of sp³-hybridized carbons (Fsp3) is 0.714. The van der Waals surface area contributed by atoms with Crippen molar-refractivity contribution in [3.8, 4) is 0 Å². The minimum absolute atomic E-state index is 0.178. The zero-order valence-corrected chi connectivity index (χ0v) is 18.8. The summed E-state index contributed by atoms with van der Waals surface area (Å²) in [6.07, 6.45) is 7.47. The molecule has 0 unspecified atom stereocenters. The summed E-state index contributed by atoms with van der Waals surface area (Å²) in [6.45, 7) is 8.51. The molecule has 2 aliphatic rings. The number of amides is 1. The van der Waals surface area contributed by atoms with Gasteiger partial charge >= 0.3 is 0 Å². The first kappa shape index (κ1) is 21.4. The van der Waals surface area contributed by atoms with Gasteiger partial charge in [-0.1, -0.05) is 44.9 Å². The molecule has 1 aliphatic carbocycles. The first-order valence-corrected chi connectivity index (χ1v) is 12.0. The summed E-state index contributed by atoms with van der Waals surface area (Å²) >= 11 is 1.66. The van der Waals surface area contributed by atoms with Crippen molar-refractivity contribution in [2.24, 2.45) is 5.92 Å². The number of anilines is 1. The molecule has 2 aromatic rings. The van der Waals surface area contributed by atoms with Crippen molar-refractivity contribution in [1.29, 1.82) is 0 Å². The van der Waals surface area contributed by atoms with Gasteiger partial charge in [0.1, 0.15) is 5.82 Å². The number of morpholine rings is 1. The predicted molar refractivity (Wildman–Crippen MR) is 119 cm³/mol. The summed E-state index contributed by atoms with van der Waals surface area (Å²) < 4.78 is 7.40. The lowest BCUT2D eigenvalue weighted by Gasteiger charge is -2.28.